The quantitative estimate of drug-likeness (QED) is 0.117. The molecular weight excluding hydrogens is 675 g/mol. The van der Waals surface area contributed by atoms with Crippen LogP contribution in [0.3, 0.4) is 0 Å². The molecule has 270 valence electrons. The standard InChI is InChI=1S/C41H45N5O5S/c42-37(48)20-34(45-39(50)32-15-14-29-10-4-6-12-31(29)43-32)40(51)44-33(19-25-8-2-1-3-9-25)35(47)24-52-36-13-7-5-11-30(36)38(49)46-41-21-26-16-27(22-41)18-28(17-26)23-41/h1-15,26-28,33-35,47H,16-24H2,(H2,42,48)(H,44,51)(H,45,50)(H,46,49)/t26?,27?,28?,33-,34-,35+,41?/m0/s1. The zero-order valence-electron chi connectivity index (χ0n) is 29.0. The van der Waals surface area contributed by atoms with Gasteiger partial charge < -0.3 is 26.8 Å². The van der Waals surface area contributed by atoms with E-state index in [0.717, 1.165) is 35.1 Å². The Morgan fingerprint density at radius 1 is 0.808 bits per heavy atom. The van der Waals surface area contributed by atoms with Crippen molar-refractivity contribution in [3.8, 4) is 0 Å². The van der Waals surface area contributed by atoms with E-state index in [2.05, 4.69) is 20.9 Å². The smallest absolute Gasteiger partial charge is 0.270 e. The highest BCUT2D eigenvalue weighted by molar-refractivity contribution is 7.99. The maximum absolute atomic E-state index is 13.8. The van der Waals surface area contributed by atoms with E-state index in [1.165, 1.54) is 31.0 Å². The SMILES string of the molecule is NC(=O)C[C@H](NC(=O)c1ccc2ccccc2n1)C(=O)N[C@@H](Cc1ccccc1)[C@H](O)CSc1ccccc1C(=O)NC12CC3CC(CC(C3)C1)C2. The highest BCUT2D eigenvalue weighted by atomic mass is 32.2. The summed E-state index contributed by atoms with van der Waals surface area (Å²) >= 11 is 1.36. The van der Waals surface area contributed by atoms with Crippen molar-refractivity contribution in [2.24, 2.45) is 23.5 Å². The number of hydrogen-bond donors (Lipinski definition) is 5. The number of fused-ring (bicyclic) bond motifs is 1. The second kappa shape index (κ2) is 15.5. The van der Waals surface area contributed by atoms with Crippen LogP contribution in [0.1, 0.15) is 71.4 Å². The van der Waals surface area contributed by atoms with E-state index in [1.807, 2.05) is 72.8 Å². The van der Waals surface area contributed by atoms with E-state index in [-0.39, 0.29) is 29.3 Å². The van der Waals surface area contributed by atoms with E-state index >= 15 is 0 Å². The van der Waals surface area contributed by atoms with Crippen LogP contribution < -0.4 is 21.7 Å². The first kappa shape index (κ1) is 35.7. The molecule has 8 rings (SSSR count). The molecule has 4 aromatic rings. The van der Waals surface area contributed by atoms with Crippen molar-refractivity contribution >= 4 is 46.3 Å². The van der Waals surface area contributed by atoms with Gasteiger partial charge in [0.05, 0.1) is 29.6 Å². The molecule has 3 aromatic carbocycles. The maximum atomic E-state index is 13.8. The number of primary amides is 1. The van der Waals surface area contributed by atoms with Gasteiger partial charge in [0, 0.05) is 21.6 Å². The number of aromatic nitrogens is 1. The number of nitrogens with zero attached hydrogens (tertiary/aromatic N) is 1. The number of aliphatic hydroxyl groups is 1. The topological polar surface area (TPSA) is 164 Å². The number of carbonyl (C=O) groups is 4. The Hall–Kier alpha value is -4.74. The summed E-state index contributed by atoms with van der Waals surface area (Å²) in [7, 11) is 0. The lowest BCUT2D eigenvalue weighted by molar-refractivity contribution is -0.128. The van der Waals surface area contributed by atoms with Crippen LogP contribution in [0.4, 0.5) is 0 Å². The lowest BCUT2D eigenvalue weighted by Crippen LogP contribution is -2.59. The van der Waals surface area contributed by atoms with Crippen LogP contribution in [-0.2, 0) is 16.0 Å². The third-order valence-electron chi connectivity index (χ3n) is 10.9. The number of benzene rings is 3. The van der Waals surface area contributed by atoms with Crippen LogP contribution >= 0.6 is 11.8 Å². The summed E-state index contributed by atoms with van der Waals surface area (Å²) in [5, 5.41) is 21.5. The van der Waals surface area contributed by atoms with Gasteiger partial charge >= 0.3 is 0 Å². The predicted molar refractivity (Wildman–Crippen MR) is 200 cm³/mol. The maximum Gasteiger partial charge on any atom is 0.270 e. The summed E-state index contributed by atoms with van der Waals surface area (Å²) in [6.07, 6.45) is 5.81. The van der Waals surface area contributed by atoms with E-state index in [4.69, 9.17) is 5.73 Å². The van der Waals surface area contributed by atoms with Crippen LogP contribution in [0.2, 0.25) is 0 Å². The molecule has 10 nitrogen and oxygen atoms in total. The molecule has 0 saturated heterocycles. The summed E-state index contributed by atoms with van der Waals surface area (Å²) in [5.74, 6) is 0.135. The predicted octanol–water partition coefficient (Wildman–Crippen LogP) is 4.79. The van der Waals surface area contributed by atoms with Crippen molar-refractivity contribution in [2.45, 2.75) is 80.0 Å². The summed E-state index contributed by atoms with van der Waals surface area (Å²) in [6, 6.07) is 25.4. The first-order valence-electron chi connectivity index (χ1n) is 18.1. The molecule has 52 heavy (non-hydrogen) atoms. The highest BCUT2D eigenvalue weighted by Crippen LogP contribution is 2.55. The van der Waals surface area contributed by atoms with E-state index < -0.39 is 42.3 Å². The van der Waals surface area contributed by atoms with Crippen LogP contribution in [-0.4, -0.2) is 63.2 Å². The zero-order valence-corrected chi connectivity index (χ0v) is 29.8. The Morgan fingerprint density at radius 2 is 1.46 bits per heavy atom. The first-order valence-corrected chi connectivity index (χ1v) is 19.1. The van der Waals surface area contributed by atoms with Gasteiger partial charge in [-0.2, -0.15) is 0 Å². The van der Waals surface area contributed by atoms with Gasteiger partial charge in [0.25, 0.3) is 11.8 Å². The fourth-order valence-electron chi connectivity index (χ4n) is 8.91. The van der Waals surface area contributed by atoms with Crippen molar-refractivity contribution in [1.82, 2.24) is 20.9 Å². The normalized spacial score (nSPS) is 23.4. The number of aliphatic hydroxyl groups excluding tert-OH is 1. The Kier molecular flexibility index (Phi) is 10.6. The summed E-state index contributed by atoms with van der Waals surface area (Å²) in [4.78, 5) is 58.0. The third-order valence-corrected chi connectivity index (χ3v) is 12.1. The number of carbonyl (C=O) groups excluding carboxylic acids is 4. The molecule has 6 N–H and O–H groups in total. The van der Waals surface area contributed by atoms with Crippen molar-refractivity contribution in [3.63, 3.8) is 0 Å². The van der Waals surface area contributed by atoms with Gasteiger partial charge in [-0.05, 0) is 92.5 Å². The second-order valence-corrected chi connectivity index (χ2v) is 16.0. The molecule has 1 heterocycles. The minimum absolute atomic E-state index is 0.0837. The minimum atomic E-state index is -1.30. The third kappa shape index (κ3) is 8.32. The first-order chi connectivity index (χ1) is 25.1. The summed E-state index contributed by atoms with van der Waals surface area (Å²) in [5.41, 5.74) is 7.53. The van der Waals surface area contributed by atoms with Gasteiger partial charge in [-0.3, -0.25) is 19.2 Å². The van der Waals surface area contributed by atoms with Gasteiger partial charge in [0.2, 0.25) is 11.8 Å². The van der Waals surface area contributed by atoms with Gasteiger partial charge in [-0.15, -0.1) is 11.8 Å². The van der Waals surface area contributed by atoms with Crippen molar-refractivity contribution in [2.75, 3.05) is 5.75 Å². The largest absolute Gasteiger partial charge is 0.390 e. The summed E-state index contributed by atoms with van der Waals surface area (Å²) < 4.78 is 0. The van der Waals surface area contributed by atoms with E-state index in [1.54, 1.807) is 18.2 Å². The number of rotatable bonds is 14. The fourth-order valence-corrected chi connectivity index (χ4v) is 9.99. The molecule has 4 amide bonds. The van der Waals surface area contributed by atoms with Crippen LogP contribution in [0.15, 0.2) is 95.9 Å². The van der Waals surface area contributed by atoms with Gasteiger partial charge in [-0.25, -0.2) is 4.98 Å². The van der Waals surface area contributed by atoms with E-state index in [0.29, 0.717) is 28.8 Å². The number of nitrogens with one attached hydrogen (secondary N) is 3. The molecule has 4 saturated carbocycles. The van der Waals surface area contributed by atoms with E-state index in [9.17, 15) is 24.3 Å². The van der Waals surface area contributed by atoms with Crippen molar-refractivity contribution < 1.29 is 24.3 Å². The number of thioether (sulfide) groups is 1. The Bertz CT molecular complexity index is 1920. The molecule has 4 fully saturated rings. The van der Waals surface area contributed by atoms with Gasteiger partial charge in [0.1, 0.15) is 11.7 Å². The Labute approximate surface area is 307 Å². The number of nitrogens with two attached hydrogens (primary N) is 1. The van der Waals surface area contributed by atoms with Crippen LogP contribution in [0.5, 0.6) is 0 Å². The molecule has 4 aliphatic rings. The zero-order chi connectivity index (χ0) is 36.2. The number of amides is 4. The molecule has 1 aromatic heterocycles. The molecule has 0 aliphatic heterocycles. The molecule has 4 bridgehead atoms. The molecular formula is C41H45N5O5S. The average molecular weight is 720 g/mol. The lowest BCUT2D eigenvalue weighted by atomic mass is 9.53. The number of pyridine rings is 1. The average Bonchev–Trinajstić information content (AvgIpc) is 3.12. The number of hydrogen-bond acceptors (Lipinski definition) is 7. The molecule has 0 unspecified atom stereocenters. The Balaban J connectivity index is 1.04. The van der Waals surface area contributed by atoms with Crippen molar-refractivity contribution in [3.05, 3.63) is 108 Å². The molecule has 0 radical (unpaired) electrons. The Morgan fingerprint density at radius 3 is 2.17 bits per heavy atom. The summed E-state index contributed by atoms with van der Waals surface area (Å²) in [6.45, 7) is 0. The molecule has 3 atom stereocenters. The van der Waals surface area contributed by atoms with Crippen molar-refractivity contribution in [1.29, 1.82) is 0 Å². The minimum Gasteiger partial charge on any atom is -0.390 e. The molecule has 11 heteroatoms. The lowest BCUT2D eigenvalue weighted by Gasteiger charge is -2.56. The van der Waals surface area contributed by atoms with Crippen LogP contribution in [0, 0.1) is 17.8 Å². The van der Waals surface area contributed by atoms with Gasteiger partial charge in [-0.1, -0.05) is 66.7 Å². The molecule has 0 spiro atoms. The fraction of sp³-hybridized carbons (Fsp3) is 0.390. The monoisotopic (exact) mass is 719 g/mol. The van der Waals surface area contributed by atoms with Gasteiger partial charge in [0.15, 0.2) is 0 Å². The van der Waals surface area contributed by atoms with Crippen LogP contribution in [0.25, 0.3) is 10.9 Å². The number of para-hydroxylation sites is 1. The molecule has 4 aliphatic carbocycles. The highest BCUT2D eigenvalue weighted by Gasteiger charge is 2.51. The second-order valence-electron chi connectivity index (χ2n) is 14.9.